The topological polar surface area (TPSA) is 84.2 Å². The van der Waals surface area contributed by atoms with Gasteiger partial charge in [-0.25, -0.2) is 13.1 Å². The van der Waals surface area contributed by atoms with Crippen molar-refractivity contribution in [1.29, 1.82) is 0 Å². The summed E-state index contributed by atoms with van der Waals surface area (Å²) in [5.74, 6) is 0.498. The van der Waals surface area contributed by atoms with E-state index in [-0.39, 0.29) is 5.75 Å². The summed E-state index contributed by atoms with van der Waals surface area (Å²) >= 11 is 0. The van der Waals surface area contributed by atoms with Crippen molar-refractivity contribution in [2.24, 2.45) is 0 Å². The highest BCUT2D eigenvalue weighted by molar-refractivity contribution is 7.88. The molecule has 1 atom stereocenters. The van der Waals surface area contributed by atoms with Crippen LogP contribution >= 0.6 is 0 Å². The maximum Gasteiger partial charge on any atom is 0.217 e. The lowest BCUT2D eigenvalue weighted by atomic mass is 10.2. The Bertz CT molecular complexity index is 477. The average Bonchev–Trinajstić information content (AvgIpc) is 2.89. The molecule has 0 amide bonds. The first-order valence-corrected chi connectivity index (χ1v) is 7.83. The zero-order chi connectivity index (χ0) is 13.0. The Morgan fingerprint density at radius 3 is 3.06 bits per heavy atom. The smallest absolute Gasteiger partial charge is 0.217 e. The predicted molar refractivity (Wildman–Crippen MR) is 67.5 cm³/mol. The normalized spacial score (nSPS) is 20.4. The van der Waals surface area contributed by atoms with E-state index in [0.29, 0.717) is 24.0 Å². The molecule has 1 aromatic rings. The van der Waals surface area contributed by atoms with Gasteiger partial charge in [0.25, 0.3) is 0 Å². The van der Waals surface area contributed by atoms with E-state index in [2.05, 4.69) is 15.2 Å². The lowest BCUT2D eigenvalue weighted by molar-refractivity contribution is 0.392. The number of nitrogens with zero attached hydrogens (tertiary/aromatic N) is 1. The molecule has 1 fully saturated rings. The Morgan fingerprint density at radius 1 is 1.61 bits per heavy atom. The van der Waals surface area contributed by atoms with Crippen LogP contribution in [-0.2, 0) is 15.8 Å². The summed E-state index contributed by atoms with van der Waals surface area (Å²) in [6.07, 6.45) is 3.14. The summed E-state index contributed by atoms with van der Waals surface area (Å²) in [5, 5.41) is 7.01. The molecule has 1 aliphatic rings. The zero-order valence-electron chi connectivity index (χ0n) is 10.5. The number of aromatic nitrogens is 1. The number of nitrogens with one attached hydrogen (secondary N) is 2. The van der Waals surface area contributed by atoms with Crippen molar-refractivity contribution in [3.05, 3.63) is 17.5 Å². The van der Waals surface area contributed by atoms with E-state index >= 15 is 0 Å². The summed E-state index contributed by atoms with van der Waals surface area (Å²) in [4.78, 5) is 0. The van der Waals surface area contributed by atoms with Gasteiger partial charge in [0.05, 0.1) is 0 Å². The Labute approximate surface area is 107 Å². The highest BCUT2D eigenvalue weighted by Gasteiger charge is 2.17. The van der Waals surface area contributed by atoms with Gasteiger partial charge in [0, 0.05) is 18.7 Å². The lowest BCUT2D eigenvalue weighted by Gasteiger charge is -2.10. The standard InChI is InChI=1S/C11H19N3O3S/c1-9-7-11(14-17-9)8-18(15,16)13-6-4-10-3-2-5-12-10/h7,10,12-13H,2-6,8H2,1H3. The second-order valence-electron chi connectivity index (χ2n) is 4.66. The van der Waals surface area contributed by atoms with E-state index in [0.717, 1.165) is 19.4 Å². The molecule has 0 saturated carbocycles. The molecule has 6 nitrogen and oxygen atoms in total. The van der Waals surface area contributed by atoms with Gasteiger partial charge in [0.1, 0.15) is 17.2 Å². The van der Waals surface area contributed by atoms with Crippen molar-refractivity contribution in [2.75, 3.05) is 13.1 Å². The van der Waals surface area contributed by atoms with Gasteiger partial charge in [-0.1, -0.05) is 5.16 Å². The van der Waals surface area contributed by atoms with Gasteiger partial charge in [-0.15, -0.1) is 0 Å². The first-order chi connectivity index (χ1) is 8.55. The molecule has 1 saturated heterocycles. The van der Waals surface area contributed by atoms with Gasteiger partial charge in [-0.3, -0.25) is 0 Å². The summed E-state index contributed by atoms with van der Waals surface area (Å²) in [5.41, 5.74) is 0.444. The lowest BCUT2D eigenvalue weighted by Crippen LogP contribution is -2.31. The Kier molecular flexibility index (Phi) is 4.36. The molecule has 7 heteroatoms. The van der Waals surface area contributed by atoms with Crippen molar-refractivity contribution in [3.8, 4) is 0 Å². The van der Waals surface area contributed by atoms with Crippen LogP contribution in [0.3, 0.4) is 0 Å². The summed E-state index contributed by atoms with van der Waals surface area (Å²) in [6.45, 7) is 3.24. The minimum Gasteiger partial charge on any atom is -0.361 e. The quantitative estimate of drug-likeness (QED) is 0.790. The molecule has 2 heterocycles. The van der Waals surface area contributed by atoms with Crippen molar-refractivity contribution >= 4 is 10.0 Å². The molecule has 0 aromatic carbocycles. The fourth-order valence-electron chi connectivity index (χ4n) is 2.12. The molecule has 2 N–H and O–H groups in total. The largest absolute Gasteiger partial charge is 0.361 e. The second-order valence-corrected chi connectivity index (χ2v) is 6.47. The van der Waals surface area contributed by atoms with Crippen LogP contribution in [0.4, 0.5) is 0 Å². The Hall–Kier alpha value is -0.920. The van der Waals surface area contributed by atoms with E-state index in [9.17, 15) is 8.42 Å². The van der Waals surface area contributed by atoms with Gasteiger partial charge < -0.3 is 9.84 Å². The van der Waals surface area contributed by atoms with Gasteiger partial charge >= 0.3 is 0 Å². The van der Waals surface area contributed by atoms with Crippen molar-refractivity contribution in [2.45, 2.75) is 38.0 Å². The summed E-state index contributed by atoms with van der Waals surface area (Å²) < 4.78 is 31.0. The molecule has 102 valence electrons. The minimum absolute atomic E-state index is 0.123. The van der Waals surface area contributed by atoms with Crippen LogP contribution in [0.15, 0.2) is 10.6 Å². The molecule has 0 spiro atoms. The Morgan fingerprint density at radius 2 is 2.44 bits per heavy atom. The minimum atomic E-state index is -3.31. The SMILES string of the molecule is Cc1cc(CS(=O)(=O)NCCC2CCCN2)no1. The third-order valence-corrected chi connectivity index (χ3v) is 4.31. The van der Waals surface area contributed by atoms with Gasteiger partial charge in [0.2, 0.25) is 10.0 Å². The first-order valence-electron chi connectivity index (χ1n) is 6.18. The molecule has 18 heavy (non-hydrogen) atoms. The maximum atomic E-state index is 11.8. The molecule has 1 aliphatic heterocycles. The number of hydrogen-bond donors (Lipinski definition) is 2. The van der Waals surface area contributed by atoms with E-state index in [1.54, 1.807) is 13.0 Å². The van der Waals surface area contributed by atoms with Crippen LogP contribution in [0.2, 0.25) is 0 Å². The van der Waals surface area contributed by atoms with Gasteiger partial charge in [-0.2, -0.15) is 0 Å². The van der Waals surface area contributed by atoms with E-state index in [1.807, 2.05) is 0 Å². The van der Waals surface area contributed by atoms with Crippen LogP contribution in [-0.4, -0.2) is 32.7 Å². The summed E-state index contributed by atoms with van der Waals surface area (Å²) in [7, 11) is -3.31. The molecule has 0 radical (unpaired) electrons. The summed E-state index contributed by atoms with van der Waals surface area (Å²) in [6, 6.07) is 2.08. The van der Waals surface area contributed by atoms with Gasteiger partial charge in [0.15, 0.2) is 0 Å². The van der Waals surface area contributed by atoms with Crippen LogP contribution < -0.4 is 10.0 Å². The third-order valence-electron chi connectivity index (χ3n) is 2.99. The van der Waals surface area contributed by atoms with E-state index in [1.165, 1.54) is 6.42 Å². The highest BCUT2D eigenvalue weighted by atomic mass is 32.2. The number of aryl methyl sites for hydroxylation is 1. The van der Waals surface area contributed by atoms with E-state index < -0.39 is 10.0 Å². The monoisotopic (exact) mass is 273 g/mol. The molecule has 0 aliphatic carbocycles. The van der Waals surface area contributed by atoms with Crippen molar-refractivity contribution in [3.63, 3.8) is 0 Å². The van der Waals surface area contributed by atoms with Crippen LogP contribution in [0.5, 0.6) is 0 Å². The average molecular weight is 273 g/mol. The molecule has 2 rings (SSSR count). The highest BCUT2D eigenvalue weighted by Crippen LogP contribution is 2.09. The van der Waals surface area contributed by atoms with Crippen molar-refractivity contribution < 1.29 is 12.9 Å². The predicted octanol–water partition coefficient (Wildman–Crippen LogP) is 0.545. The number of sulfonamides is 1. The van der Waals surface area contributed by atoms with E-state index in [4.69, 9.17) is 4.52 Å². The molecule has 1 aromatic heterocycles. The number of hydrogen-bond acceptors (Lipinski definition) is 5. The van der Waals surface area contributed by atoms with Crippen LogP contribution in [0.1, 0.15) is 30.7 Å². The second kappa shape index (κ2) is 5.81. The van der Waals surface area contributed by atoms with Gasteiger partial charge in [-0.05, 0) is 32.7 Å². The fourth-order valence-corrected chi connectivity index (χ4v) is 3.18. The molecule has 0 bridgehead atoms. The Balaban J connectivity index is 1.76. The van der Waals surface area contributed by atoms with Crippen molar-refractivity contribution in [1.82, 2.24) is 15.2 Å². The van der Waals surface area contributed by atoms with Crippen LogP contribution in [0, 0.1) is 6.92 Å². The van der Waals surface area contributed by atoms with Crippen LogP contribution in [0.25, 0.3) is 0 Å². The fraction of sp³-hybridized carbons (Fsp3) is 0.727. The number of rotatable bonds is 6. The maximum absolute atomic E-state index is 11.8. The zero-order valence-corrected chi connectivity index (χ0v) is 11.3. The molecule has 1 unspecified atom stereocenters. The third kappa shape index (κ3) is 4.08. The molecular weight excluding hydrogens is 254 g/mol. The first kappa shape index (κ1) is 13.5. The molecular formula is C11H19N3O3S.